The van der Waals surface area contributed by atoms with Crippen molar-refractivity contribution in [2.45, 2.75) is 51.9 Å². The second kappa shape index (κ2) is 7.71. The molecule has 1 N–H and O–H groups in total. The Morgan fingerprint density at radius 3 is 2.58 bits per heavy atom. The Morgan fingerprint density at radius 2 is 1.95 bits per heavy atom. The molecule has 0 saturated heterocycles. The Labute approximate surface area is 114 Å². The minimum atomic E-state index is -0.428. The number of unbranched alkanes of at least 4 members (excludes halogenated alkanes) is 4. The van der Waals surface area contributed by atoms with E-state index in [1.807, 2.05) is 0 Å². The molecule has 5 heteroatoms. The first kappa shape index (κ1) is 15.4. The highest BCUT2D eigenvalue weighted by Crippen LogP contribution is 2.14. The predicted octanol–water partition coefficient (Wildman–Crippen LogP) is 1.74. The third kappa shape index (κ3) is 4.50. The van der Waals surface area contributed by atoms with Gasteiger partial charge >= 0.3 is 0 Å². The molecule has 1 heterocycles. The molecule has 0 fully saturated rings. The number of ketones is 1. The molecule has 1 aliphatic rings. The molecule has 5 nitrogen and oxygen atoms in total. The molecule has 0 saturated carbocycles. The highest BCUT2D eigenvalue weighted by Gasteiger charge is 2.28. The fourth-order valence-corrected chi connectivity index (χ4v) is 2.01. The standard InChI is InChI=1S/C14H22N2O3/c1-3-4-5-6-7-8-13(18)16-10-11(15-2)12(17)9-14(16)19/h10,15H,3-9H2,1-2H3. The maximum absolute atomic E-state index is 11.9. The number of nitrogens with zero attached hydrogens (tertiary/aromatic N) is 1. The van der Waals surface area contributed by atoms with Crippen molar-refractivity contribution in [2.75, 3.05) is 7.05 Å². The van der Waals surface area contributed by atoms with Gasteiger partial charge in [-0.25, -0.2) is 0 Å². The average Bonchev–Trinajstić information content (AvgIpc) is 2.38. The zero-order valence-corrected chi connectivity index (χ0v) is 11.7. The number of imide groups is 1. The maximum Gasteiger partial charge on any atom is 0.241 e. The van der Waals surface area contributed by atoms with Gasteiger partial charge in [0.1, 0.15) is 0 Å². The predicted molar refractivity (Wildman–Crippen MR) is 72.0 cm³/mol. The van der Waals surface area contributed by atoms with E-state index in [4.69, 9.17) is 0 Å². The average molecular weight is 266 g/mol. The Morgan fingerprint density at radius 1 is 1.26 bits per heavy atom. The Bertz CT molecular complexity index is 388. The molecule has 19 heavy (non-hydrogen) atoms. The molecular formula is C14H22N2O3. The van der Waals surface area contributed by atoms with Gasteiger partial charge in [0.05, 0.1) is 12.1 Å². The third-order valence-corrected chi connectivity index (χ3v) is 3.17. The minimum absolute atomic E-state index is 0.221. The number of carbonyl (C=O) groups excluding carboxylic acids is 3. The molecule has 106 valence electrons. The lowest BCUT2D eigenvalue weighted by Crippen LogP contribution is -2.40. The van der Waals surface area contributed by atoms with Crippen LogP contribution >= 0.6 is 0 Å². The topological polar surface area (TPSA) is 66.5 Å². The number of hydrogen-bond donors (Lipinski definition) is 1. The van der Waals surface area contributed by atoms with Gasteiger partial charge < -0.3 is 5.32 Å². The number of Topliss-reactive ketones (excluding diaryl/α,β-unsaturated/α-hetero) is 1. The number of likely N-dealkylation sites (N-methyl/N-ethyl adjacent to an activating group) is 1. The molecule has 0 atom stereocenters. The third-order valence-electron chi connectivity index (χ3n) is 3.17. The number of nitrogens with one attached hydrogen (secondary N) is 1. The first-order chi connectivity index (χ1) is 9.10. The van der Waals surface area contributed by atoms with E-state index in [1.54, 1.807) is 7.05 Å². The molecule has 0 aromatic carbocycles. The molecule has 1 aliphatic heterocycles. The summed E-state index contributed by atoms with van der Waals surface area (Å²) in [5.41, 5.74) is 0.318. The zero-order valence-electron chi connectivity index (χ0n) is 11.7. The van der Waals surface area contributed by atoms with Gasteiger partial charge in [-0.3, -0.25) is 19.3 Å². The van der Waals surface area contributed by atoms with E-state index < -0.39 is 5.91 Å². The van der Waals surface area contributed by atoms with Crippen molar-refractivity contribution in [3.63, 3.8) is 0 Å². The normalized spacial score (nSPS) is 15.5. The Balaban J connectivity index is 2.49. The lowest BCUT2D eigenvalue weighted by Gasteiger charge is -2.22. The highest BCUT2D eigenvalue weighted by atomic mass is 16.2. The maximum atomic E-state index is 11.9. The molecule has 0 spiro atoms. The van der Waals surface area contributed by atoms with Crippen LogP contribution in [0.25, 0.3) is 0 Å². The highest BCUT2D eigenvalue weighted by molar-refractivity contribution is 6.13. The van der Waals surface area contributed by atoms with Gasteiger partial charge in [0.25, 0.3) is 0 Å². The summed E-state index contributed by atoms with van der Waals surface area (Å²) in [6.07, 6.45) is 6.70. The summed E-state index contributed by atoms with van der Waals surface area (Å²) in [6.45, 7) is 2.14. The van der Waals surface area contributed by atoms with E-state index >= 15 is 0 Å². The van der Waals surface area contributed by atoms with Crippen LogP contribution in [0.5, 0.6) is 0 Å². The van der Waals surface area contributed by atoms with Crippen molar-refractivity contribution in [3.05, 3.63) is 11.9 Å². The quantitative estimate of drug-likeness (QED) is 0.563. The van der Waals surface area contributed by atoms with Crippen molar-refractivity contribution in [3.8, 4) is 0 Å². The van der Waals surface area contributed by atoms with Gasteiger partial charge in [-0.1, -0.05) is 32.6 Å². The van der Waals surface area contributed by atoms with Gasteiger partial charge in [0, 0.05) is 19.7 Å². The van der Waals surface area contributed by atoms with Crippen LogP contribution in [0.2, 0.25) is 0 Å². The molecule has 2 amide bonds. The summed E-state index contributed by atoms with van der Waals surface area (Å²) >= 11 is 0. The van der Waals surface area contributed by atoms with Crippen LogP contribution in [0.4, 0.5) is 0 Å². The van der Waals surface area contributed by atoms with Gasteiger partial charge in [0.2, 0.25) is 11.8 Å². The largest absolute Gasteiger partial charge is 0.384 e. The fourth-order valence-electron chi connectivity index (χ4n) is 2.01. The minimum Gasteiger partial charge on any atom is -0.384 e. The van der Waals surface area contributed by atoms with Gasteiger partial charge in [-0.15, -0.1) is 0 Å². The number of allylic oxidation sites excluding steroid dienone is 1. The van der Waals surface area contributed by atoms with Crippen LogP contribution in [0.1, 0.15) is 51.9 Å². The second-order valence-electron chi connectivity index (χ2n) is 4.71. The van der Waals surface area contributed by atoms with Crippen LogP contribution in [0.15, 0.2) is 11.9 Å². The molecule has 0 bridgehead atoms. The monoisotopic (exact) mass is 266 g/mol. The number of carbonyl (C=O) groups is 3. The summed E-state index contributed by atoms with van der Waals surface area (Å²) in [6, 6.07) is 0. The first-order valence-corrected chi connectivity index (χ1v) is 6.87. The number of amides is 2. The van der Waals surface area contributed by atoms with Crippen LogP contribution in [-0.2, 0) is 14.4 Å². The van der Waals surface area contributed by atoms with E-state index in [-0.39, 0.29) is 18.1 Å². The van der Waals surface area contributed by atoms with E-state index in [1.165, 1.54) is 12.6 Å². The van der Waals surface area contributed by atoms with Crippen LogP contribution < -0.4 is 5.32 Å². The number of hydrogen-bond acceptors (Lipinski definition) is 4. The van der Waals surface area contributed by atoms with Crippen LogP contribution in [0, 0.1) is 0 Å². The molecule has 1 rings (SSSR count). The van der Waals surface area contributed by atoms with Crippen LogP contribution in [0.3, 0.4) is 0 Å². The molecule has 0 aliphatic carbocycles. The van der Waals surface area contributed by atoms with E-state index in [2.05, 4.69) is 12.2 Å². The summed E-state index contributed by atoms with van der Waals surface area (Å²) in [5.74, 6) is -0.913. The van der Waals surface area contributed by atoms with Crippen molar-refractivity contribution in [2.24, 2.45) is 0 Å². The Hall–Kier alpha value is -1.65. The van der Waals surface area contributed by atoms with Crippen molar-refractivity contribution in [1.29, 1.82) is 0 Å². The van der Waals surface area contributed by atoms with E-state index in [9.17, 15) is 14.4 Å². The summed E-state index contributed by atoms with van der Waals surface area (Å²) in [4.78, 5) is 36.1. The first-order valence-electron chi connectivity index (χ1n) is 6.87. The van der Waals surface area contributed by atoms with E-state index in [0.717, 1.165) is 30.6 Å². The lowest BCUT2D eigenvalue weighted by molar-refractivity contribution is -0.143. The molecule has 0 unspecified atom stereocenters. The van der Waals surface area contributed by atoms with E-state index in [0.29, 0.717) is 12.1 Å². The smallest absolute Gasteiger partial charge is 0.241 e. The second-order valence-corrected chi connectivity index (χ2v) is 4.71. The number of rotatable bonds is 7. The SMILES string of the molecule is CCCCCCCC(=O)N1C=C(NC)C(=O)CC1=O. The Kier molecular flexibility index (Phi) is 6.25. The van der Waals surface area contributed by atoms with Gasteiger partial charge in [-0.05, 0) is 6.42 Å². The van der Waals surface area contributed by atoms with Crippen LogP contribution in [-0.4, -0.2) is 29.5 Å². The molecule has 0 radical (unpaired) electrons. The summed E-state index contributed by atoms with van der Waals surface area (Å²) in [7, 11) is 1.60. The van der Waals surface area contributed by atoms with Crippen molar-refractivity contribution >= 4 is 17.6 Å². The fraction of sp³-hybridized carbons (Fsp3) is 0.643. The molecule has 0 aromatic rings. The summed E-state index contributed by atoms with van der Waals surface area (Å²) in [5, 5.41) is 2.71. The van der Waals surface area contributed by atoms with Crippen molar-refractivity contribution < 1.29 is 14.4 Å². The zero-order chi connectivity index (χ0) is 14.3. The summed E-state index contributed by atoms with van der Waals surface area (Å²) < 4.78 is 0. The van der Waals surface area contributed by atoms with Gasteiger partial charge in [-0.2, -0.15) is 0 Å². The lowest BCUT2D eigenvalue weighted by atomic mass is 10.1. The van der Waals surface area contributed by atoms with Crippen molar-refractivity contribution in [1.82, 2.24) is 10.2 Å². The molecular weight excluding hydrogens is 244 g/mol. The molecule has 0 aromatic heterocycles. The van der Waals surface area contributed by atoms with Gasteiger partial charge in [0.15, 0.2) is 5.78 Å².